The van der Waals surface area contributed by atoms with Crippen molar-refractivity contribution in [2.75, 3.05) is 25.5 Å². The van der Waals surface area contributed by atoms with Gasteiger partial charge in [-0.1, -0.05) is 15.9 Å². The van der Waals surface area contributed by atoms with Crippen LogP contribution in [0.2, 0.25) is 0 Å². The fraction of sp³-hybridized carbons (Fsp3) is 0.467. The number of hydrogen-bond donors (Lipinski definition) is 1. The highest BCUT2D eigenvalue weighted by molar-refractivity contribution is 9.10. The SMILES string of the molecule is Cc1cc(Br)ccc1NC(=O)CN(C)CCCCC#N. The quantitative estimate of drug-likeness (QED) is 0.776. The van der Waals surface area contributed by atoms with Crippen molar-refractivity contribution < 1.29 is 4.79 Å². The third kappa shape index (κ3) is 6.18. The van der Waals surface area contributed by atoms with Crippen LogP contribution in [0.3, 0.4) is 0 Å². The standard InChI is InChI=1S/C15H20BrN3O/c1-12-10-13(16)6-7-14(12)18-15(20)11-19(2)9-5-3-4-8-17/h6-7,10H,3-5,9,11H2,1-2H3,(H,18,20). The van der Waals surface area contributed by atoms with Gasteiger partial charge in [0.15, 0.2) is 0 Å². The van der Waals surface area contributed by atoms with E-state index in [1.165, 1.54) is 0 Å². The number of halogens is 1. The first-order valence-corrected chi connectivity index (χ1v) is 7.43. The van der Waals surface area contributed by atoms with Gasteiger partial charge in [-0.15, -0.1) is 0 Å². The molecule has 0 aliphatic heterocycles. The maximum absolute atomic E-state index is 11.9. The number of anilines is 1. The summed E-state index contributed by atoms with van der Waals surface area (Å²) >= 11 is 3.40. The highest BCUT2D eigenvalue weighted by atomic mass is 79.9. The molecule has 1 amide bonds. The number of amides is 1. The minimum absolute atomic E-state index is 0.0156. The summed E-state index contributed by atoms with van der Waals surface area (Å²) in [5.41, 5.74) is 1.88. The first-order valence-electron chi connectivity index (χ1n) is 6.64. The van der Waals surface area contributed by atoms with E-state index < -0.39 is 0 Å². The average molecular weight is 338 g/mol. The molecular formula is C15H20BrN3O. The second kappa shape index (κ2) is 8.72. The smallest absolute Gasteiger partial charge is 0.238 e. The van der Waals surface area contributed by atoms with Gasteiger partial charge in [0.05, 0.1) is 12.6 Å². The number of hydrogen-bond acceptors (Lipinski definition) is 3. The monoisotopic (exact) mass is 337 g/mol. The van der Waals surface area contributed by atoms with Crippen LogP contribution in [0.4, 0.5) is 5.69 Å². The molecule has 0 fully saturated rings. The molecule has 0 aliphatic carbocycles. The predicted octanol–water partition coefficient (Wildman–Crippen LogP) is 3.32. The zero-order valence-electron chi connectivity index (χ0n) is 11.9. The summed E-state index contributed by atoms with van der Waals surface area (Å²) in [4.78, 5) is 13.9. The summed E-state index contributed by atoms with van der Waals surface area (Å²) in [5.74, 6) is -0.0156. The molecule has 20 heavy (non-hydrogen) atoms. The van der Waals surface area contributed by atoms with Crippen LogP contribution in [0, 0.1) is 18.3 Å². The van der Waals surface area contributed by atoms with Gasteiger partial charge in [0.25, 0.3) is 0 Å². The van der Waals surface area contributed by atoms with Gasteiger partial charge < -0.3 is 5.32 Å². The van der Waals surface area contributed by atoms with Gasteiger partial charge in [-0.3, -0.25) is 9.69 Å². The highest BCUT2D eigenvalue weighted by Gasteiger charge is 2.08. The van der Waals surface area contributed by atoms with Gasteiger partial charge in [0.2, 0.25) is 5.91 Å². The molecule has 1 rings (SSSR count). The van der Waals surface area contributed by atoms with E-state index in [-0.39, 0.29) is 5.91 Å². The van der Waals surface area contributed by atoms with Gasteiger partial charge in [-0.05, 0) is 57.1 Å². The minimum Gasteiger partial charge on any atom is -0.325 e. The van der Waals surface area contributed by atoms with Crippen LogP contribution in [0.15, 0.2) is 22.7 Å². The first-order chi connectivity index (χ1) is 9.52. The van der Waals surface area contributed by atoms with Gasteiger partial charge >= 0.3 is 0 Å². The van der Waals surface area contributed by atoms with E-state index >= 15 is 0 Å². The van der Waals surface area contributed by atoms with E-state index in [2.05, 4.69) is 27.3 Å². The molecule has 0 bridgehead atoms. The first kappa shape index (κ1) is 16.7. The molecule has 0 heterocycles. The van der Waals surface area contributed by atoms with Crippen molar-refractivity contribution in [3.63, 3.8) is 0 Å². The lowest BCUT2D eigenvalue weighted by molar-refractivity contribution is -0.117. The fourth-order valence-corrected chi connectivity index (χ4v) is 2.34. The molecule has 0 atom stereocenters. The fourth-order valence-electron chi connectivity index (χ4n) is 1.87. The molecule has 0 spiro atoms. The number of nitriles is 1. The number of carbonyl (C=O) groups is 1. The largest absolute Gasteiger partial charge is 0.325 e. The zero-order valence-corrected chi connectivity index (χ0v) is 13.5. The predicted molar refractivity (Wildman–Crippen MR) is 84.5 cm³/mol. The Morgan fingerprint density at radius 2 is 2.20 bits per heavy atom. The Balaban J connectivity index is 2.37. The number of nitrogens with one attached hydrogen (secondary N) is 1. The van der Waals surface area contributed by atoms with E-state index in [9.17, 15) is 4.79 Å². The third-order valence-corrected chi connectivity index (χ3v) is 3.45. The highest BCUT2D eigenvalue weighted by Crippen LogP contribution is 2.19. The lowest BCUT2D eigenvalue weighted by Gasteiger charge is -2.16. The maximum Gasteiger partial charge on any atom is 0.238 e. The average Bonchev–Trinajstić information content (AvgIpc) is 2.38. The maximum atomic E-state index is 11.9. The van der Waals surface area contributed by atoms with Gasteiger partial charge in [0.1, 0.15) is 0 Å². The second-order valence-electron chi connectivity index (χ2n) is 4.86. The zero-order chi connectivity index (χ0) is 15.0. The van der Waals surface area contributed by atoms with Crippen molar-refractivity contribution in [1.82, 2.24) is 4.90 Å². The Bertz CT molecular complexity index is 496. The summed E-state index contributed by atoms with van der Waals surface area (Å²) in [6.07, 6.45) is 2.40. The van der Waals surface area contributed by atoms with Crippen molar-refractivity contribution in [2.45, 2.75) is 26.2 Å². The van der Waals surface area contributed by atoms with Crippen LogP contribution in [-0.2, 0) is 4.79 Å². The number of unbranched alkanes of at least 4 members (excludes halogenated alkanes) is 2. The molecule has 1 aromatic rings. The van der Waals surface area contributed by atoms with Crippen molar-refractivity contribution in [3.05, 3.63) is 28.2 Å². The van der Waals surface area contributed by atoms with Crippen LogP contribution >= 0.6 is 15.9 Å². The summed E-state index contributed by atoms with van der Waals surface area (Å²) < 4.78 is 1.00. The number of likely N-dealkylation sites (N-methyl/N-ethyl adjacent to an activating group) is 1. The molecule has 0 saturated carbocycles. The Morgan fingerprint density at radius 1 is 1.45 bits per heavy atom. The number of nitrogens with zero attached hydrogens (tertiary/aromatic N) is 2. The summed E-state index contributed by atoms with van der Waals surface area (Å²) in [6.45, 7) is 3.16. The Hall–Kier alpha value is -1.38. The molecule has 0 saturated heterocycles. The lowest BCUT2D eigenvalue weighted by Crippen LogP contribution is -2.31. The van der Waals surface area contributed by atoms with Crippen molar-refractivity contribution in [2.24, 2.45) is 0 Å². The van der Waals surface area contributed by atoms with Crippen molar-refractivity contribution in [3.8, 4) is 6.07 Å². The Morgan fingerprint density at radius 3 is 2.85 bits per heavy atom. The molecule has 0 aliphatic rings. The van der Waals surface area contributed by atoms with Crippen molar-refractivity contribution >= 4 is 27.5 Å². The molecule has 1 N–H and O–H groups in total. The van der Waals surface area contributed by atoms with Crippen LogP contribution in [-0.4, -0.2) is 30.9 Å². The van der Waals surface area contributed by atoms with E-state index in [0.29, 0.717) is 13.0 Å². The van der Waals surface area contributed by atoms with Gasteiger partial charge in [-0.25, -0.2) is 0 Å². The molecular weight excluding hydrogens is 318 g/mol. The van der Waals surface area contributed by atoms with Crippen LogP contribution in [0.5, 0.6) is 0 Å². The van der Waals surface area contributed by atoms with Crippen LogP contribution < -0.4 is 5.32 Å². The van der Waals surface area contributed by atoms with Crippen molar-refractivity contribution in [1.29, 1.82) is 5.26 Å². The van der Waals surface area contributed by atoms with Crippen LogP contribution in [0.1, 0.15) is 24.8 Å². The van der Waals surface area contributed by atoms with Gasteiger partial charge in [-0.2, -0.15) is 5.26 Å². The molecule has 108 valence electrons. The molecule has 1 aromatic carbocycles. The topological polar surface area (TPSA) is 56.1 Å². The number of aryl methyl sites for hydroxylation is 1. The minimum atomic E-state index is -0.0156. The van der Waals surface area contributed by atoms with E-state index in [1.807, 2.05) is 37.1 Å². The summed E-state index contributed by atoms with van der Waals surface area (Å²) in [7, 11) is 1.92. The van der Waals surface area contributed by atoms with E-state index in [1.54, 1.807) is 0 Å². The lowest BCUT2D eigenvalue weighted by atomic mass is 10.2. The van der Waals surface area contributed by atoms with E-state index in [0.717, 1.165) is 35.1 Å². The molecule has 0 aromatic heterocycles. The summed E-state index contributed by atoms with van der Waals surface area (Å²) in [5, 5.41) is 11.4. The second-order valence-corrected chi connectivity index (χ2v) is 5.78. The molecule has 4 nitrogen and oxygen atoms in total. The van der Waals surface area contributed by atoms with E-state index in [4.69, 9.17) is 5.26 Å². The third-order valence-electron chi connectivity index (χ3n) is 2.95. The number of carbonyl (C=O) groups excluding carboxylic acids is 1. The van der Waals surface area contributed by atoms with Crippen LogP contribution in [0.25, 0.3) is 0 Å². The Kier molecular flexibility index (Phi) is 7.27. The number of benzene rings is 1. The molecule has 0 radical (unpaired) electrons. The normalized spacial score (nSPS) is 10.3. The molecule has 0 unspecified atom stereocenters. The van der Waals surface area contributed by atoms with Gasteiger partial charge in [0, 0.05) is 16.6 Å². The Labute approximate surface area is 128 Å². The summed E-state index contributed by atoms with van der Waals surface area (Å²) in [6, 6.07) is 7.90. The number of rotatable bonds is 7. The molecule has 5 heteroatoms.